The van der Waals surface area contributed by atoms with Gasteiger partial charge in [-0.05, 0) is 6.92 Å². The van der Waals surface area contributed by atoms with Crippen LogP contribution in [0.2, 0.25) is 0 Å². The topological polar surface area (TPSA) is 70.1 Å². The van der Waals surface area contributed by atoms with Crippen molar-refractivity contribution in [1.29, 1.82) is 0 Å². The first-order chi connectivity index (χ1) is 7.50. The summed E-state index contributed by atoms with van der Waals surface area (Å²) >= 11 is 0. The summed E-state index contributed by atoms with van der Waals surface area (Å²) in [7, 11) is 0. The molecule has 0 fully saturated rings. The van der Waals surface area contributed by atoms with Crippen LogP contribution in [0.5, 0.6) is 0 Å². The second-order valence-corrected chi connectivity index (χ2v) is 3.19. The largest absolute Gasteiger partial charge is 0.461 e. The lowest BCUT2D eigenvalue weighted by Crippen LogP contribution is -2.33. The number of imidazole rings is 1. The quantitative estimate of drug-likeness (QED) is 0.758. The third-order valence-electron chi connectivity index (χ3n) is 1.90. The van der Waals surface area contributed by atoms with E-state index in [1.807, 2.05) is 0 Å². The maximum Gasteiger partial charge on any atom is 0.356 e. The fourth-order valence-electron chi connectivity index (χ4n) is 1.14. The first kappa shape index (κ1) is 12.6. The van der Waals surface area contributed by atoms with Crippen LogP contribution in [-0.2, 0) is 11.3 Å². The van der Waals surface area contributed by atoms with Gasteiger partial charge in [-0.1, -0.05) is 0 Å². The summed E-state index contributed by atoms with van der Waals surface area (Å²) < 4.78 is 31.8. The Morgan fingerprint density at radius 1 is 1.69 bits per heavy atom. The zero-order valence-corrected chi connectivity index (χ0v) is 8.82. The molecule has 0 unspecified atom stereocenters. The Morgan fingerprint density at radius 2 is 2.38 bits per heavy atom. The molecule has 0 bridgehead atoms. The van der Waals surface area contributed by atoms with Crippen LogP contribution < -0.4 is 5.73 Å². The fraction of sp³-hybridized carbons (Fsp3) is 0.556. The highest BCUT2D eigenvalue weighted by Gasteiger charge is 2.29. The van der Waals surface area contributed by atoms with Crippen molar-refractivity contribution in [2.75, 3.05) is 13.2 Å². The van der Waals surface area contributed by atoms with Crippen molar-refractivity contribution in [1.82, 2.24) is 9.55 Å². The molecule has 1 aromatic heterocycles. The average Bonchev–Trinajstić information content (AvgIpc) is 2.65. The maximum absolute atomic E-state index is 13.0. The lowest BCUT2D eigenvalue weighted by Gasteiger charge is -2.15. The molecule has 0 aromatic carbocycles. The number of hydrogen-bond acceptors (Lipinski definition) is 4. The molecule has 0 aliphatic rings. The standard InChI is InChI=1S/C9H13F2N3O2/c1-2-16-8(15)7-3-13-6-14(7)5-9(10,11)4-12/h3,6H,2,4-5,12H2,1H3. The molecule has 0 saturated carbocycles. The number of nitrogens with zero attached hydrogens (tertiary/aromatic N) is 2. The summed E-state index contributed by atoms with van der Waals surface area (Å²) in [6.07, 6.45) is 2.33. The second-order valence-electron chi connectivity index (χ2n) is 3.19. The number of hydrogen-bond donors (Lipinski definition) is 1. The van der Waals surface area contributed by atoms with E-state index in [4.69, 9.17) is 10.5 Å². The van der Waals surface area contributed by atoms with E-state index in [9.17, 15) is 13.6 Å². The summed E-state index contributed by atoms with van der Waals surface area (Å²) in [5.41, 5.74) is 4.90. The van der Waals surface area contributed by atoms with Crippen molar-refractivity contribution >= 4 is 5.97 Å². The van der Waals surface area contributed by atoms with Crippen LogP contribution in [0.4, 0.5) is 8.78 Å². The van der Waals surface area contributed by atoms with E-state index >= 15 is 0 Å². The van der Waals surface area contributed by atoms with Gasteiger partial charge in [0.2, 0.25) is 0 Å². The van der Waals surface area contributed by atoms with Crippen LogP contribution in [-0.4, -0.2) is 34.6 Å². The average molecular weight is 233 g/mol. The van der Waals surface area contributed by atoms with Crippen LogP contribution in [0.25, 0.3) is 0 Å². The first-order valence-corrected chi connectivity index (χ1v) is 4.75. The monoisotopic (exact) mass is 233 g/mol. The van der Waals surface area contributed by atoms with Crippen LogP contribution in [0.3, 0.4) is 0 Å². The number of esters is 1. The van der Waals surface area contributed by atoms with E-state index in [-0.39, 0.29) is 12.3 Å². The molecule has 0 spiro atoms. The zero-order valence-electron chi connectivity index (χ0n) is 8.82. The van der Waals surface area contributed by atoms with Crippen LogP contribution in [0.1, 0.15) is 17.4 Å². The molecule has 0 amide bonds. The summed E-state index contributed by atoms with van der Waals surface area (Å²) in [6, 6.07) is 0. The normalized spacial score (nSPS) is 11.5. The molecule has 1 heterocycles. The van der Waals surface area contributed by atoms with E-state index in [2.05, 4.69) is 4.98 Å². The molecule has 0 aliphatic heterocycles. The highest BCUT2D eigenvalue weighted by atomic mass is 19.3. The Bertz CT molecular complexity index is 365. The van der Waals surface area contributed by atoms with Crippen molar-refractivity contribution < 1.29 is 18.3 Å². The number of halogens is 2. The molecule has 0 radical (unpaired) electrons. The van der Waals surface area contributed by atoms with Crippen molar-refractivity contribution in [3.63, 3.8) is 0 Å². The van der Waals surface area contributed by atoms with Gasteiger partial charge < -0.3 is 15.0 Å². The number of aromatic nitrogens is 2. The van der Waals surface area contributed by atoms with Crippen LogP contribution >= 0.6 is 0 Å². The van der Waals surface area contributed by atoms with Crippen molar-refractivity contribution in [2.24, 2.45) is 5.73 Å². The van der Waals surface area contributed by atoms with E-state index in [1.54, 1.807) is 6.92 Å². The minimum absolute atomic E-state index is 0.00465. The lowest BCUT2D eigenvalue weighted by molar-refractivity contribution is -0.00768. The molecule has 0 saturated heterocycles. The van der Waals surface area contributed by atoms with E-state index < -0.39 is 25.0 Å². The number of carbonyl (C=O) groups excluding carboxylic acids is 1. The molecular formula is C9H13F2N3O2. The van der Waals surface area contributed by atoms with Crippen molar-refractivity contribution in [3.8, 4) is 0 Å². The molecule has 5 nitrogen and oxygen atoms in total. The molecule has 1 rings (SSSR count). The summed E-state index contributed by atoms with van der Waals surface area (Å²) in [6.45, 7) is 0.343. The summed E-state index contributed by atoms with van der Waals surface area (Å²) in [5, 5.41) is 0. The molecular weight excluding hydrogens is 220 g/mol. The Hall–Kier alpha value is -1.50. The number of ether oxygens (including phenoxy) is 1. The highest BCUT2D eigenvalue weighted by Crippen LogP contribution is 2.16. The van der Waals surface area contributed by atoms with Gasteiger partial charge in [0.05, 0.1) is 32.2 Å². The van der Waals surface area contributed by atoms with Gasteiger partial charge in [0.15, 0.2) is 0 Å². The molecule has 2 N–H and O–H groups in total. The number of rotatable bonds is 5. The third-order valence-corrected chi connectivity index (χ3v) is 1.90. The Labute approximate surface area is 91.2 Å². The minimum atomic E-state index is -3.07. The van der Waals surface area contributed by atoms with E-state index in [1.165, 1.54) is 6.20 Å². The molecule has 16 heavy (non-hydrogen) atoms. The van der Waals surface area contributed by atoms with Gasteiger partial charge in [-0.25, -0.2) is 18.6 Å². The van der Waals surface area contributed by atoms with Gasteiger partial charge in [-0.2, -0.15) is 0 Å². The second kappa shape index (κ2) is 5.02. The molecule has 0 atom stereocenters. The third kappa shape index (κ3) is 2.99. The molecule has 90 valence electrons. The number of alkyl halides is 2. The first-order valence-electron chi connectivity index (χ1n) is 4.75. The van der Waals surface area contributed by atoms with Gasteiger partial charge in [0, 0.05) is 0 Å². The zero-order chi connectivity index (χ0) is 12.2. The van der Waals surface area contributed by atoms with Gasteiger partial charge in [0.1, 0.15) is 5.69 Å². The number of nitrogens with two attached hydrogens (primary N) is 1. The SMILES string of the molecule is CCOC(=O)c1cncn1CC(F)(F)CN. The Morgan fingerprint density at radius 3 is 2.94 bits per heavy atom. The van der Waals surface area contributed by atoms with E-state index in [0.717, 1.165) is 10.9 Å². The number of carbonyl (C=O) groups is 1. The maximum atomic E-state index is 13.0. The van der Waals surface area contributed by atoms with Gasteiger partial charge in [-0.15, -0.1) is 0 Å². The Kier molecular flexibility index (Phi) is 3.94. The smallest absolute Gasteiger partial charge is 0.356 e. The van der Waals surface area contributed by atoms with Crippen molar-refractivity contribution in [3.05, 3.63) is 18.2 Å². The fourth-order valence-corrected chi connectivity index (χ4v) is 1.14. The molecule has 1 aromatic rings. The van der Waals surface area contributed by atoms with E-state index in [0.29, 0.717) is 0 Å². The van der Waals surface area contributed by atoms with Gasteiger partial charge >= 0.3 is 5.97 Å². The minimum Gasteiger partial charge on any atom is -0.461 e. The van der Waals surface area contributed by atoms with Crippen LogP contribution in [0, 0.1) is 0 Å². The molecule has 7 heteroatoms. The predicted molar refractivity (Wildman–Crippen MR) is 52.2 cm³/mol. The van der Waals surface area contributed by atoms with Gasteiger partial charge in [0.25, 0.3) is 5.92 Å². The predicted octanol–water partition coefficient (Wildman–Crippen LogP) is 0.654. The van der Waals surface area contributed by atoms with Gasteiger partial charge in [-0.3, -0.25) is 0 Å². The highest BCUT2D eigenvalue weighted by molar-refractivity contribution is 5.87. The summed E-state index contributed by atoms with van der Waals surface area (Å²) in [5.74, 6) is -3.74. The Balaban J connectivity index is 2.82. The van der Waals surface area contributed by atoms with Crippen LogP contribution in [0.15, 0.2) is 12.5 Å². The summed E-state index contributed by atoms with van der Waals surface area (Å²) in [4.78, 5) is 15.0. The lowest BCUT2D eigenvalue weighted by atomic mass is 10.3. The van der Waals surface area contributed by atoms with Crippen molar-refractivity contribution in [2.45, 2.75) is 19.4 Å². The molecule has 0 aliphatic carbocycles.